The molecule has 0 saturated carbocycles. The summed E-state index contributed by atoms with van der Waals surface area (Å²) in [6.07, 6.45) is 9.76. The van der Waals surface area contributed by atoms with Gasteiger partial charge in [-0.2, -0.15) is 4.98 Å². The molecule has 1 aromatic carbocycles. The van der Waals surface area contributed by atoms with Gasteiger partial charge in [-0.05, 0) is 30.5 Å². The molecule has 11 nitrogen and oxygen atoms in total. The topological polar surface area (TPSA) is 155 Å². The van der Waals surface area contributed by atoms with E-state index in [2.05, 4.69) is 28.8 Å². The van der Waals surface area contributed by atoms with Gasteiger partial charge in [-0.25, -0.2) is 4.98 Å². The predicted octanol–water partition coefficient (Wildman–Crippen LogP) is 3.12. The summed E-state index contributed by atoms with van der Waals surface area (Å²) >= 11 is 0. The summed E-state index contributed by atoms with van der Waals surface area (Å²) in [5, 5.41) is 8.75. The number of nitrogens with zero attached hydrogens (tertiary/aromatic N) is 3. The zero-order valence-corrected chi connectivity index (χ0v) is 23.0. The van der Waals surface area contributed by atoms with Crippen LogP contribution in [0.2, 0.25) is 0 Å². The van der Waals surface area contributed by atoms with Crippen molar-refractivity contribution in [3.63, 3.8) is 0 Å². The van der Waals surface area contributed by atoms with Gasteiger partial charge in [-0.1, -0.05) is 52.0 Å². The van der Waals surface area contributed by atoms with Crippen molar-refractivity contribution in [1.82, 2.24) is 19.5 Å². The third-order valence-corrected chi connectivity index (χ3v) is 7.82. The Hall–Kier alpha value is -2.96. The van der Waals surface area contributed by atoms with Crippen molar-refractivity contribution < 1.29 is 23.5 Å². The number of hydrogen-bond donors (Lipinski definition) is 3. The van der Waals surface area contributed by atoms with Crippen molar-refractivity contribution in [2.45, 2.75) is 70.8 Å². The number of unbranched alkanes of at least 4 members (excludes halogenated alkanes) is 5. The maximum absolute atomic E-state index is 12.3. The van der Waals surface area contributed by atoms with E-state index in [0.29, 0.717) is 12.4 Å². The molecule has 0 aliphatic carbocycles. The van der Waals surface area contributed by atoms with E-state index < -0.39 is 10.8 Å². The Kier molecular flexibility index (Phi) is 12.0. The van der Waals surface area contributed by atoms with E-state index in [1.165, 1.54) is 48.6 Å². The molecule has 0 bridgehead atoms. The Morgan fingerprint density at radius 1 is 1.21 bits per heavy atom. The molecule has 38 heavy (non-hydrogen) atoms. The average Bonchev–Trinajstić information content (AvgIpc) is 3.53. The average molecular weight is 550 g/mol. The number of anilines is 1. The van der Waals surface area contributed by atoms with E-state index >= 15 is 0 Å². The van der Waals surface area contributed by atoms with Crippen molar-refractivity contribution in [3.05, 3.63) is 40.4 Å². The van der Waals surface area contributed by atoms with E-state index in [-0.39, 0.29) is 42.2 Å². The van der Waals surface area contributed by atoms with Gasteiger partial charge in [0, 0.05) is 21.8 Å². The summed E-state index contributed by atoms with van der Waals surface area (Å²) in [4.78, 5) is 21.6. The Morgan fingerprint density at radius 2 is 1.97 bits per heavy atom. The molecule has 2 unspecified atom stereocenters. The van der Waals surface area contributed by atoms with Crippen LogP contribution in [0, 0.1) is 0 Å². The van der Waals surface area contributed by atoms with Crippen LogP contribution in [0.15, 0.2) is 29.3 Å². The first kappa shape index (κ1) is 29.6. The highest BCUT2D eigenvalue weighted by molar-refractivity contribution is 7.85. The molecule has 0 spiro atoms. The van der Waals surface area contributed by atoms with Gasteiger partial charge in [0.1, 0.15) is 6.73 Å². The van der Waals surface area contributed by atoms with Crippen molar-refractivity contribution in [2.24, 2.45) is 0 Å². The standard InChI is InChI=1S/C18H28O3S.C8H11N5O3/c1-3-4-5-6-7-8-11-22(19)15(2)12-16-9-10-17-18(13-16)21-14-20-17;9-8-11-6-5(7(15)12-8)10-3-13(6)4-16-2-1-14/h9-10,13,15H,3-8,11-12,14H2,1-2H3;3,14H,1-2,4H2,(H3,9,11,12,15). The number of fused-ring (bicyclic) bond motifs is 2. The minimum absolute atomic E-state index is 0.0291. The lowest BCUT2D eigenvalue weighted by molar-refractivity contribution is 0.0499. The third kappa shape index (κ3) is 8.81. The molecule has 4 N–H and O–H groups in total. The molecule has 1 aliphatic rings. The maximum atomic E-state index is 12.3. The largest absolute Gasteiger partial charge is 0.454 e. The van der Waals surface area contributed by atoms with E-state index in [1.807, 2.05) is 18.2 Å². The number of H-pyrrole nitrogens is 1. The van der Waals surface area contributed by atoms with Crippen molar-refractivity contribution in [1.29, 1.82) is 0 Å². The molecular weight excluding hydrogens is 510 g/mol. The fourth-order valence-electron chi connectivity index (χ4n) is 4.01. The summed E-state index contributed by atoms with van der Waals surface area (Å²) < 4.78 is 29.7. The molecule has 1 aliphatic heterocycles. The second-order valence-electron chi connectivity index (χ2n) is 9.15. The number of nitrogens with one attached hydrogen (secondary N) is 1. The van der Waals surface area contributed by atoms with Gasteiger partial charge in [0.15, 0.2) is 22.7 Å². The van der Waals surface area contributed by atoms with Crippen LogP contribution < -0.4 is 20.8 Å². The highest BCUT2D eigenvalue weighted by atomic mass is 32.2. The highest BCUT2D eigenvalue weighted by Crippen LogP contribution is 2.33. The summed E-state index contributed by atoms with van der Waals surface area (Å²) in [7, 11) is -0.743. The normalized spacial score (nSPS) is 13.8. The van der Waals surface area contributed by atoms with Crippen molar-refractivity contribution >= 4 is 27.9 Å². The SMILES string of the molecule is CCCCCCCCS(=O)C(C)Cc1ccc2c(c1)OCO2.Nc1nc2c(ncn2COCCO)c(=O)[nH]1. The minimum atomic E-state index is -0.743. The fourth-order valence-corrected chi connectivity index (χ4v) is 5.28. The number of imidazole rings is 1. The van der Waals surface area contributed by atoms with Crippen molar-refractivity contribution in [3.8, 4) is 11.5 Å². The summed E-state index contributed by atoms with van der Waals surface area (Å²) in [5.41, 5.74) is 6.78. The molecule has 0 saturated heterocycles. The molecular formula is C26H39N5O6S. The number of hydrogen-bond acceptors (Lipinski definition) is 9. The molecule has 12 heteroatoms. The van der Waals surface area contributed by atoms with E-state index in [4.69, 9.17) is 25.1 Å². The molecule has 0 radical (unpaired) electrons. The molecule has 0 amide bonds. The first-order valence-corrected chi connectivity index (χ1v) is 14.5. The fraction of sp³-hybridized carbons (Fsp3) is 0.577. The second kappa shape index (κ2) is 15.5. The van der Waals surface area contributed by atoms with E-state index in [9.17, 15) is 9.00 Å². The number of aliphatic hydroxyl groups is 1. The zero-order valence-electron chi connectivity index (χ0n) is 22.2. The molecule has 2 atom stereocenters. The monoisotopic (exact) mass is 549 g/mol. The molecule has 210 valence electrons. The number of ether oxygens (including phenoxy) is 3. The maximum Gasteiger partial charge on any atom is 0.280 e. The van der Waals surface area contributed by atoms with Crippen LogP contribution in [-0.4, -0.2) is 59.8 Å². The van der Waals surface area contributed by atoms with Crippen LogP contribution in [0.4, 0.5) is 5.95 Å². The van der Waals surface area contributed by atoms with E-state index in [1.54, 1.807) is 0 Å². The molecule has 0 fully saturated rings. The summed E-state index contributed by atoms with van der Waals surface area (Å²) in [5.74, 6) is 2.48. The van der Waals surface area contributed by atoms with Gasteiger partial charge in [0.05, 0.1) is 19.5 Å². The van der Waals surface area contributed by atoms with Gasteiger partial charge in [-0.15, -0.1) is 0 Å². The molecule has 2 aromatic heterocycles. The lowest BCUT2D eigenvalue weighted by atomic mass is 10.1. The molecule has 4 rings (SSSR count). The lowest BCUT2D eigenvalue weighted by Gasteiger charge is -2.12. The van der Waals surface area contributed by atoms with Crippen LogP contribution in [0.25, 0.3) is 11.2 Å². The molecule has 3 heterocycles. The Balaban J connectivity index is 0.000000221. The van der Waals surface area contributed by atoms with Gasteiger partial charge in [0.2, 0.25) is 12.7 Å². The Bertz CT molecular complexity index is 1230. The van der Waals surface area contributed by atoms with Crippen LogP contribution in [0.3, 0.4) is 0 Å². The van der Waals surface area contributed by atoms with Gasteiger partial charge in [-0.3, -0.25) is 18.6 Å². The summed E-state index contributed by atoms with van der Waals surface area (Å²) in [6, 6.07) is 6.01. The number of nitrogen functional groups attached to an aromatic ring is 1. The first-order chi connectivity index (χ1) is 18.4. The Morgan fingerprint density at radius 3 is 2.76 bits per heavy atom. The number of aromatic nitrogens is 4. The third-order valence-electron chi connectivity index (χ3n) is 6.07. The number of rotatable bonds is 14. The number of nitrogens with two attached hydrogens (primary N) is 1. The van der Waals surface area contributed by atoms with Crippen LogP contribution in [-0.2, 0) is 28.7 Å². The van der Waals surface area contributed by atoms with Gasteiger partial charge >= 0.3 is 0 Å². The first-order valence-electron chi connectivity index (χ1n) is 13.1. The second-order valence-corrected chi connectivity index (χ2v) is 11.1. The predicted molar refractivity (Wildman–Crippen MR) is 148 cm³/mol. The summed E-state index contributed by atoms with van der Waals surface area (Å²) in [6.45, 7) is 4.91. The quantitative estimate of drug-likeness (QED) is 0.257. The van der Waals surface area contributed by atoms with Crippen LogP contribution >= 0.6 is 0 Å². The smallest absolute Gasteiger partial charge is 0.280 e. The number of benzene rings is 1. The highest BCUT2D eigenvalue weighted by Gasteiger charge is 2.16. The number of aromatic amines is 1. The Labute approximate surface area is 225 Å². The molecule has 3 aromatic rings. The van der Waals surface area contributed by atoms with E-state index in [0.717, 1.165) is 30.1 Å². The minimum Gasteiger partial charge on any atom is -0.454 e. The van der Waals surface area contributed by atoms with Crippen molar-refractivity contribution in [2.75, 3.05) is 31.5 Å². The zero-order chi connectivity index (χ0) is 27.3. The van der Waals surface area contributed by atoms with Gasteiger partial charge in [0.25, 0.3) is 5.56 Å². The van der Waals surface area contributed by atoms with Crippen LogP contribution in [0.1, 0.15) is 57.9 Å². The van der Waals surface area contributed by atoms with Gasteiger partial charge < -0.3 is 25.1 Å². The number of aliphatic hydroxyl groups excluding tert-OH is 1. The lowest BCUT2D eigenvalue weighted by Crippen LogP contribution is -2.16. The van der Waals surface area contributed by atoms with Crippen LogP contribution in [0.5, 0.6) is 11.5 Å².